The van der Waals surface area contributed by atoms with E-state index in [0.29, 0.717) is 43.7 Å². The highest BCUT2D eigenvalue weighted by atomic mass is 79.9. The SMILES string of the molecule is CC(=O)C1=C(C)N(c2ccc(Br)cc2)[C@@](O)(c2ccc(Cl)cc2)[C@@H]1Nc1ccc(Br)cc1.CC(=O)C1=C(C)N(c2ccc(Br)cc2)[C@](O)(c2ccc(Cl)cc2)[C@H]1Nc1ccc(Br)cc1. The Labute approximate surface area is 416 Å². The first-order chi connectivity index (χ1) is 30.4. The van der Waals surface area contributed by atoms with Gasteiger partial charge in [-0.3, -0.25) is 9.59 Å². The van der Waals surface area contributed by atoms with Crippen LogP contribution in [0, 0.1) is 0 Å². The molecule has 0 bridgehead atoms. The normalized spacial score (nSPS) is 20.6. The average molecular weight is 1150 g/mol. The lowest BCUT2D eigenvalue weighted by molar-refractivity contribution is -0.115. The van der Waals surface area contributed by atoms with Gasteiger partial charge in [-0.2, -0.15) is 0 Å². The Morgan fingerprint density at radius 1 is 0.484 bits per heavy atom. The summed E-state index contributed by atoms with van der Waals surface area (Å²) < 4.78 is 3.73. The van der Waals surface area contributed by atoms with Crippen LogP contribution in [0.2, 0.25) is 10.0 Å². The van der Waals surface area contributed by atoms with Gasteiger partial charge in [0.15, 0.2) is 23.0 Å². The molecule has 328 valence electrons. The van der Waals surface area contributed by atoms with Crippen LogP contribution in [0.15, 0.2) is 186 Å². The summed E-state index contributed by atoms with van der Waals surface area (Å²) in [6, 6.07) is 43.3. The van der Waals surface area contributed by atoms with Gasteiger partial charge in [0, 0.05) is 84.4 Å². The van der Waals surface area contributed by atoms with Gasteiger partial charge >= 0.3 is 0 Å². The first-order valence-electron chi connectivity index (χ1n) is 20.0. The number of allylic oxidation sites excluding steroid dienone is 2. The van der Waals surface area contributed by atoms with Gasteiger partial charge in [0.1, 0.15) is 12.1 Å². The molecule has 2 aliphatic heterocycles. The van der Waals surface area contributed by atoms with E-state index in [1.54, 1.807) is 48.5 Å². The van der Waals surface area contributed by atoms with Gasteiger partial charge < -0.3 is 30.6 Å². The van der Waals surface area contributed by atoms with Crippen molar-refractivity contribution in [3.05, 3.63) is 207 Å². The van der Waals surface area contributed by atoms with Gasteiger partial charge in [0.2, 0.25) is 0 Å². The quantitative estimate of drug-likeness (QED) is 0.108. The molecule has 0 unspecified atom stereocenters. The third-order valence-corrected chi connectivity index (χ3v) is 13.9. The first-order valence-corrected chi connectivity index (χ1v) is 23.9. The maximum Gasteiger partial charge on any atom is 0.193 e. The fourth-order valence-corrected chi connectivity index (χ4v) is 9.77. The number of rotatable bonds is 10. The smallest absolute Gasteiger partial charge is 0.193 e. The van der Waals surface area contributed by atoms with E-state index in [9.17, 15) is 19.8 Å². The number of Topliss-reactive ketones (excluding diaryl/α,β-unsaturated/α-hetero) is 2. The van der Waals surface area contributed by atoms with Crippen LogP contribution >= 0.6 is 86.9 Å². The van der Waals surface area contributed by atoms with E-state index >= 15 is 0 Å². The second kappa shape index (κ2) is 19.7. The number of aliphatic hydroxyl groups is 2. The number of carbonyl (C=O) groups is 2. The third-order valence-electron chi connectivity index (χ3n) is 11.3. The molecule has 4 atom stereocenters. The van der Waals surface area contributed by atoms with Gasteiger partial charge in [-0.15, -0.1) is 0 Å². The molecule has 8 nitrogen and oxygen atoms in total. The Kier molecular flexibility index (Phi) is 14.7. The monoisotopic (exact) mass is 1150 g/mol. The number of hydrogen-bond donors (Lipinski definition) is 4. The predicted octanol–water partition coefficient (Wildman–Crippen LogP) is 13.7. The second-order valence-corrected chi connectivity index (χ2v) is 19.9. The molecule has 0 aromatic heterocycles. The number of ketones is 2. The highest BCUT2D eigenvalue weighted by Crippen LogP contribution is 2.49. The van der Waals surface area contributed by atoms with Crippen molar-refractivity contribution in [2.24, 2.45) is 0 Å². The molecule has 0 aliphatic carbocycles. The van der Waals surface area contributed by atoms with E-state index in [1.165, 1.54) is 13.8 Å². The summed E-state index contributed by atoms with van der Waals surface area (Å²) in [5.74, 6) is -0.215. The molecule has 0 amide bonds. The number of anilines is 4. The molecule has 2 heterocycles. The summed E-state index contributed by atoms with van der Waals surface area (Å²) in [5.41, 5.74) is 3.62. The van der Waals surface area contributed by atoms with Crippen molar-refractivity contribution in [3.63, 3.8) is 0 Å². The molecule has 4 N–H and O–H groups in total. The summed E-state index contributed by atoms with van der Waals surface area (Å²) in [5, 5.41) is 32.8. The zero-order valence-corrected chi connectivity index (χ0v) is 42.7. The van der Waals surface area contributed by atoms with Gasteiger partial charge in [0.25, 0.3) is 0 Å². The molecule has 14 heteroatoms. The van der Waals surface area contributed by atoms with E-state index in [2.05, 4.69) is 74.4 Å². The molecule has 64 heavy (non-hydrogen) atoms. The zero-order valence-electron chi connectivity index (χ0n) is 34.9. The van der Waals surface area contributed by atoms with Gasteiger partial charge in [0.05, 0.1) is 0 Å². The minimum Gasteiger partial charge on any atom is -0.373 e. The Balaban J connectivity index is 0.000000191. The van der Waals surface area contributed by atoms with Crippen LogP contribution in [0.25, 0.3) is 0 Å². The van der Waals surface area contributed by atoms with E-state index in [-0.39, 0.29) is 11.6 Å². The number of carbonyl (C=O) groups excluding carboxylic acids is 2. The number of halogens is 6. The van der Waals surface area contributed by atoms with Crippen molar-refractivity contribution in [2.75, 3.05) is 20.4 Å². The number of nitrogens with zero attached hydrogens (tertiary/aromatic N) is 2. The lowest BCUT2D eigenvalue weighted by atomic mass is 9.90. The fourth-order valence-electron chi connectivity index (χ4n) is 8.46. The average Bonchev–Trinajstić information content (AvgIpc) is 3.63. The summed E-state index contributed by atoms with van der Waals surface area (Å²) in [7, 11) is 0. The van der Waals surface area contributed by atoms with Gasteiger partial charge in [-0.05, 0) is 149 Å². The minimum atomic E-state index is -1.57. The van der Waals surface area contributed by atoms with Crippen molar-refractivity contribution < 1.29 is 19.8 Å². The number of benzene rings is 6. The fraction of sp³-hybridized carbons (Fsp3) is 0.160. The molecule has 0 saturated carbocycles. The summed E-state index contributed by atoms with van der Waals surface area (Å²) in [4.78, 5) is 29.3. The molecule has 8 rings (SSSR count). The first kappa shape index (κ1) is 47.7. The Morgan fingerprint density at radius 2 is 0.750 bits per heavy atom. The zero-order chi connectivity index (χ0) is 46.1. The third kappa shape index (κ3) is 9.53. The molecule has 0 spiro atoms. The lowest BCUT2D eigenvalue weighted by Crippen LogP contribution is -2.52. The second-order valence-electron chi connectivity index (χ2n) is 15.4. The van der Waals surface area contributed by atoms with Crippen LogP contribution in [0.5, 0.6) is 0 Å². The largest absolute Gasteiger partial charge is 0.373 e. The van der Waals surface area contributed by atoms with Crippen molar-refractivity contribution >= 4 is 121 Å². The Bertz CT molecular complexity index is 2550. The molecule has 0 fully saturated rings. The molecule has 6 aromatic rings. The van der Waals surface area contributed by atoms with Crippen LogP contribution < -0.4 is 20.4 Å². The predicted molar refractivity (Wildman–Crippen MR) is 274 cm³/mol. The summed E-state index contributed by atoms with van der Waals surface area (Å²) >= 11 is 26.1. The topological polar surface area (TPSA) is 105 Å². The molecular formula is C50H42Br4Cl2N4O4. The number of nitrogens with one attached hydrogen (secondary N) is 2. The Morgan fingerprint density at radius 3 is 1.02 bits per heavy atom. The van der Waals surface area contributed by atoms with Crippen molar-refractivity contribution in [1.82, 2.24) is 0 Å². The standard InChI is InChI=1S/2C25H21Br2ClN2O2/c2*1-15-23(16(2)31)24(29-21-11-5-18(26)6-12-21)25(32,17-3-9-20(28)10-4-17)30(15)22-13-7-19(27)8-14-22/h2*3-14,24,29,32H,1-2H3/t2*24-,25-/m10/s1. The van der Waals surface area contributed by atoms with Crippen LogP contribution in [-0.4, -0.2) is 33.9 Å². The van der Waals surface area contributed by atoms with Crippen molar-refractivity contribution in [3.8, 4) is 0 Å². The molecule has 6 aromatic carbocycles. The highest BCUT2D eigenvalue weighted by Gasteiger charge is 2.55. The maximum absolute atomic E-state index is 12.8. The van der Waals surface area contributed by atoms with Crippen molar-refractivity contribution in [2.45, 2.75) is 51.2 Å². The van der Waals surface area contributed by atoms with E-state index in [1.807, 2.05) is 121 Å². The molecule has 0 saturated heterocycles. The Hall–Kier alpha value is -4.24. The van der Waals surface area contributed by atoms with E-state index in [4.69, 9.17) is 23.2 Å². The van der Waals surface area contributed by atoms with Gasteiger partial charge in [-0.25, -0.2) is 0 Å². The van der Waals surface area contributed by atoms with Crippen LogP contribution in [0.3, 0.4) is 0 Å². The lowest BCUT2D eigenvalue weighted by Gasteiger charge is -2.41. The summed E-state index contributed by atoms with van der Waals surface area (Å²) in [6.07, 6.45) is 0. The van der Waals surface area contributed by atoms with E-state index < -0.39 is 23.5 Å². The van der Waals surface area contributed by atoms with Crippen LogP contribution in [-0.2, 0) is 21.0 Å². The summed E-state index contributed by atoms with van der Waals surface area (Å²) in [6.45, 7) is 6.79. The van der Waals surface area contributed by atoms with E-state index in [0.717, 1.165) is 40.6 Å². The minimum absolute atomic E-state index is 0.107. The molecule has 2 aliphatic rings. The molecule has 0 radical (unpaired) electrons. The molecular weight excluding hydrogens is 1110 g/mol. The maximum atomic E-state index is 12.8. The van der Waals surface area contributed by atoms with Crippen LogP contribution in [0.1, 0.15) is 38.8 Å². The van der Waals surface area contributed by atoms with Gasteiger partial charge in [-0.1, -0.05) is 111 Å². The van der Waals surface area contributed by atoms with Crippen LogP contribution in [0.4, 0.5) is 22.7 Å². The highest BCUT2D eigenvalue weighted by molar-refractivity contribution is 9.11. The van der Waals surface area contributed by atoms with Crippen molar-refractivity contribution in [1.29, 1.82) is 0 Å². The number of hydrogen-bond acceptors (Lipinski definition) is 8.